The normalized spacial score (nSPS) is 20.5. The van der Waals surface area contributed by atoms with E-state index in [9.17, 15) is 8.42 Å². The Kier molecular flexibility index (Phi) is 5.33. The third kappa shape index (κ3) is 5.07. The van der Waals surface area contributed by atoms with Crippen molar-refractivity contribution in [1.29, 1.82) is 0 Å². The molecule has 1 fully saturated rings. The third-order valence-electron chi connectivity index (χ3n) is 3.11. The van der Waals surface area contributed by atoms with Crippen molar-refractivity contribution in [2.24, 2.45) is 0 Å². The Morgan fingerprint density at radius 2 is 2.00 bits per heavy atom. The Bertz CT molecular complexity index is 546. The predicted octanol–water partition coefficient (Wildman–Crippen LogP) is 0.750. The van der Waals surface area contributed by atoms with E-state index in [1.165, 1.54) is 0 Å². The van der Waals surface area contributed by atoms with E-state index in [1.54, 1.807) is 0 Å². The molecule has 0 unspecified atom stereocenters. The molecule has 1 heterocycles. The van der Waals surface area contributed by atoms with Crippen molar-refractivity contribution < 1.29 is 8.42 Å². The maximum atomic E-state index is 11.3. The van der Waals surface area contributed by atoms with Crippen LogP contribution in [0.2, 0.25) is 0 Å². The van der Waals surface area contributed by atoms with E-state index in [1.807, 2.05) is 30.3 Å². The fourth-order valence-corrected chi connectivity index (χ4v) is 4.03. The molecule has 2 rings (SSSR count). The minimum atomic E-state index is -2.81. The lowest BCUT2D eigenvalue weighted by molar-refractivity contribution is 0.553. The molecule has 1 aromatic rings. The molecule has 0 saturated carbocycles. The topological polar surface area (TPSA) is 70.2 Å². The Balaban J connectivity index is 1.60. The average molecular weight is 313 g/mol. The van der Waals surface area contributed by atoms with E-state index in [-0.39, 0.29) is 11.8 Å². The second-order valence-electron chi connectivity index (χ2n) is 4.80. The first-order valence-corrected chi connectivity index (χ1v) is 8.82. The number of hydrogen-bond donors (Lipinski definition) is 3. The highest BCUT2D eigenvalue weighted by Gasteiger charge is 2.26. The smallest absolute Gasteiger partial charge is 0.170 e. The monoisotopic (exact) mass is 313 g/mol. The van der Waals surface area contributed by atoms with Gasteiger partial charge >= 0.3 is 0 Å². The van der Waals surface area contributed by atoms with Crippen molar-refractivity contribution >= 4 is 32.9 Å². The minimum absolute atomic E-state index is 0.0810. The largest absolute Gasteiger partial charge is 0.361 e. The van der Waals surface area contributed by atoms with Gasteiger partial charge in [0.15, 0.2) is 14.9 Å². The van der Waals surface area contributed by atoms with Crippen LogP contribution in [0.5, 0.6) is 0 Å². The van der Waals surface area contributed by atoms with Crippen LogP contribution in [-0.4, -0.2) is 44.2 Å². The van der Waals surface area contributed by atoms with E-state index >= 15 is 0 Å². The van der Waals surface area contributed by atoms with Gasteiger partial charge in [0.2, 0.25) is 0 Å². The summed E-state index contributed by atoms with van der Waals surface area (Å²) in [5, 5.41) is 9.96. The number of rotatable bonds is 5. The molecule has 0 aliphatic carbocycles. The van der Waals surface area contributed by atoms with Crippen molar-refractivity contribution in [3.8, 4) is 0 Å². The van der Waals surface area contributed by atoms with Gasteiger partial charge in [0.05, 0.1) is 11.5 Å². The molecule has 0 amide bonds. The lowest BCUT2D eigenvalue weighted by Crippen LogP contribution is -2.38. The average Bonchev–Trinajstić information content (AvgIpc) is 2.75. The van der Waals surface area contributed by atoms with Crippen molar-refractivity contribution in [3.63, 3.8) is 0 Å². The summed E-state index contributed by atoms with van der Waals surface area (Å²) in [6, 6.07) is 9.78. The summed E-state index contributed by atoms with van der Waals surface area (Å²) in [4.78, 5) is 0. The second-order valence-corrected chi connectivity index (χ2v) is 7.44. The van der Waals surface area contributed by atoms with E-state index in [4.69, 9.17) is 12.2 Å². The van der Waals surface area contributed by atoms with Crippen LogP contribution in [-0.2, 0) is 9.84 Å². The maximum absolute atomic E-state index is 11.3. The molecular weight excluding hydrogens is 294 g/mol. The first-order chi connectivity index (χ1) is 9.55. The van der Waals surface area contributed by atoms with Crippen LogP contribution in [0, 0.1) is 0 Å². The van der Waals surface area contributed by atoms with E-state index < -0.39 is 9.84 Å². The lowest BCUT2D eigenvalue weighted by atomic mass is 10.3. The van der Waals surface area contributed by atoms with Gasteiger partial charge in [0, 0.05) is 24.8 Å². The summed E-state index contributed by atoms with van der Waals surface area (Å²) in [5.41, 5.74) is 0.944. The van der Waals surface area contributed by atoms with Crippen LogP contribution < -0.4 is 16.0 Å². The van der Waals surface area contributed by atoms with Crippen LogP contribution in [0.3, 0.4) is 0 Å². The molecule has 1 aliphatic heterocycles. The molecule has 0 bridgehead atoms. The Morgan fingerprint density at radius 3 is 2.65 bits per heavy atom. The standard InChI is InChI=1S/C13H19N3O2S2/c17-20(18)9-6-12(10-20)14-7-8-15-13(19)16-11-4-2-1-3-5-11/h1-5,12,14H,6-10H2,(H2,15,16,19)/t12-/m0/s1. The molecule has 1 aliphatic rings. The molecular formula is C13H19N3O2S2. The van der Waals surface area contributed by atoms with Gasteiger partial charge in [-0.2, -0.15) is 0 Å². The van der Waals surface area contributed by atoms with Crippen LogP contribution in [0.1, 0.15) is 6.42 Å². The van der Waals surface area contributed by atoms with Crippen molar-refractivity contribution in [2.45, 2.75) is 12.5 Å². The van der Waals surface area contributed by atoms with Gasteiger partial charge in [-0.3, -0.25) is 0 Å². The number of nitrogens with one attached hydrogen (secondary N) is 3. The Morgan fingerprint density at radius 1 is 1.25 bits per heavy atom. The van der Waals surface area contributed by atoms with Gasteiger partial charge < -0.3 is 16.0 Å². The molecule has 1 atom stereocenters. The van der Waals surface area contributed by atoms with Crippen LogP contribution in [0.15, 0.2) is 30.3 Å². The quantitative estimate of drug-likeness (QED) is 0.550. The van der Waals surface area contributed by atoms with Crippen molar-refractivity contribution in [1.82, 2.24) is 10.6 Å². The van der Waals surface area contributed by atoms with Crippen LogP contribution >= 0.6 is 12.2 Å². The molecule has 5 nitrogen and oxygen atoms in total. The minimum Gasteiger partial charge on any atom is -0.361 e. The van der Waals surface area contributed by atoms with E-state index in [0.717, 1.165) is 5.69 Å². The summed E-state index contributed by atoms with van der Waals surface area (Å²) in [6.45, 7) is 1.35. The number of anilines is 1. The number of thiocarbonyl (C=S) groups is 1. The van der Waals surface area contributed by atoms with Gasteiger partial charge in [0.1, 0.15) is 0 Å². The highest BCUT2D eigenvalue weighted by molar-refractivity contribution is 7.91. The van der Waals surface area contributed by atoms with E-state index in [0.29, 0.717) is 30.4 Å². The van der Waals surface area contributed by atoms with Gasteiger partial charge in [-0.15, -0.1) is 0 Å². The maximum Gasteiger partial charge on any atom is 0.170 e. The molecule has 7 heteroatoms. The molecule has 0 radical (unpaired) electrons. The fraction of sp³-hybridized carbons (Fsp3) is 0.462. The number of hydrogen-bond acceptors (Lipinski definition) is 4. The molecule has 110 valence electrons. The molecule has 3 N–H and O–H groups in total. The van der Waals surface area contributed by atoms with Crippen LogP contribution in [0.4, 0.5) is 5.69 Å². The van der Waals surface area contributed by atoms with Gasteiger partial charge in [0.25, 0.3) is 0 Å². The molecule has 20 heavy (non-hydrogen) atoms. The number of sulfone groups is 1. The summed E-state index contributed by atoms with van der Waals surface area (Å²) in [6.07, 6.45) is 0.703. The van der Waals surface area contributed by atoms with Crippen molar-refractivity contribution in [2.75, 3.05) is 29.9 Å². The van der Waals surface area contributed by atoms with Gasteiger partial charge in [-0.1, -0.05) is 18.2 Å². The Hall–Kier alpha value is -1.18. The summed E-state index contributed by atoms with van der Waals surface area (Å²) < 4.78 is 22.6. The summed E-state index contributed by atoms with van der Waals surface area (Å²) in [7, 11) is -2.81. The van der Waals surface area contributed by atoms with Gasteiger partial charge in [-0.25, -0.2) is 8.42 Å². The number of para-hydroxylation sites is 1. The zero-order valence-corrected chi connectivity index (χ0v) is 12.8. The first-order valence-electron chi connectivity index (χ1n) is 6.59. The summed E-state index contributed by atoms with van der Waals surface area (Å²) in [5.74, 6) is 0.547. The Labute approximate surface area is 125 Å². The first kappa shape index (κ1) is 15.2. The molecule has 1 saturated heterocycles. The molecule has 0 aromatic heterocycles. The second kappa shape index (κ2) is 7.01. The lowest BCUT2D eigenvalue weighted by Gasteiger charge is -2.13. The predicted molar refractivity (Wildman–Crippen MR) is 85.7 cm³/mol. The van der Waals surface area contributed by atoms with Crippen LogP contribution in [0.25, 0.3) is 0 Å². The summed E-state index contributed by atoms with van der Waals surface area (Å²) >= 11 is 5.17. The highest BCUT2D eigenvalue weighted by atomic mass is 32.2. The third-order valence-corrected chi connectivity index (χ3v) is 5.12. The molecule has 1 aromatic carbocycles. The molecule has 0 spiro atoms. The SMILES string of the molecule is O=S1(=O)CC[C@H](NCCNC(=S)Nc2ccccc2)C1. The fourth-order valence-electron chi connectivity index (χ4n) is 2.11. The number of benzene rings is 1. The zero-order valence-electron chi connectivity index (χ0n) is 11.1. The van der Waals surface area contributed by atoms with Crippen molar-refractivity contribution in [3.05, 3.63) is 30.3 Å². The zero-order chi connectivity index (χ0) is 14.4. The highest BCUT2D eigenvalue weighted by Crippen LogP contribution is 2.10. The van der Waals surface area contributed by atoms with E-state index in [2.05, 4.69) is 16.0 Å². The van der Waals surface area contributed by atoms with Gasteiger partial charge in [-0.05, 0) is 30.8 Å².